The lowest BCUT2D eigenvalue weighted by Gasteiger charge is -2.12. The third-order valence-corrected chi connectivity index (χ3v) is 6.76. The van der Waals surface area contributed by atoms with Crippen molar-refractivity contribution < 1.29 is 22.1 Å². The number of ether oxygens (including phenoxy) is 1. The Bertz CT molecular complexity index is 1520. The van der Waals surface area contributed by atoms with Gasteiger partial charge < -0.3 is 8.92 Å². The molecule has 4 rings (SSSR count). The van der Waals surface area contributed by atoms with Crippen LogP contribution in [0.3, 0.4) is 0 Å². The van der Waals surface area contributed by atoms with Crippen LogP contribution in [0.5, 0.6) is 5.75 Å². The Morgan fingerprint density at radius 1 is 1.09 bits per heavy atom. The Kier molecular flexibility index (Phi) is 6.00. The average molecular weight is 486 g/mol. The van der Waals surface area contributed by atoms with Gasteiger partial charge in [-0.25, -0.2) is 9.78 Å². The number of thiazole rings is 1. The minimum absolute atomic E-state index is 0.0256. The zero-order valence-electron chi connectivity index (χ0n) is 17.9. The summed E-state index contributed by atoms with van der Waals surface area (Å²) in [5.74, 6) is -1.43. The van der Waals surface area contributed by atoms with E-state index in [2.05, 4.69) is 10.1 Å². The van der Waals surface area contributed by atoms with Gasteiger partial charge in [0, 0.05) is 0 Å². The van der Waals surface area contributed by atoms with Crippen molar-refractivity contribution in [3.05, 3.63) is 75.1 Å². The summed E-state index contributed by atoms with van der Waals surface area (Å²) in [5, 5.41) is 4.84. The molecule has 0 bridgehead atoms. The number of rotatable bonds is 6. The number of hydrogen-bond donors (Lipinski definition) is 0. The van der Waals surface area contributed by atoms with Gasteiger partial charge in [0.2, 0.25) is 5.69 Å². The van der Waals surface area contributed by atoms with Crippen molar-refractivity contribution >= 4 is 37.6 Å². The van der Waals surface area contributed by atoms with E-state index in [1.54, 1.807) is 37.3 Å². The van der Waals surface area contributed by atoms with Gasteiger partial charge in [-0.05, 0) is 51.1 Å². The van der Waals surface area contributed by atoms with Crippen LogP contribution >= 0.6 is 11.3 Å². The molecule has 0 N–H and O–H groups in total. The van der Waals surface area contributed by atoms with Crippen LogP contribution in [0.4, 0.5) is 0 Å². The van der Waals surface area contributed by atoms with Gasteiger partial charge in [-0.15, -0.1) is 11.3 Å². The SMILES string of the molecule is CCOC(=O)c1nn(-c2ccc(C)cc2)c(=O)cc1OS(=O)(=O)c1ccc2nc(C)sc2c1. The summed E-state index contributed by atoms with van der Waals surface area (Å²) >= 11 is 1.34. The fourth-order valence-corrected chi connectivity index (χ4v) is 4.96. The molecule has 0 saturated carbocycles. The molecule has 2 heterocycles. The van der Waals surface area contributed by atoms with E-state index in [-0.39, 0.29) is 11.5 Å². The molecule has 0 spiro atoms. The topological polar surface area (TPSA) is 117 Å². The molecule has 0 radical (unpaired) electrons. The van der Waals surface area contributed by atoms with E-state index in [4.69, 9.17) is 8.92 Å². The molecule has 0 saturated heterocycles. The summed E-state index contributed by atoms with van der Waals surface area (Å²) < 4.78 is 37.8. The maximum Gasteiger partial charge on any atom is 0.362 e. The average Bonchev–Trinajstić information content (AvgIpc) is 3.14. The second-order valence-corrected chi connectivity index (χ2v) is 9.84. The molecular weight excluding hydrogens is 466 g/mol. The number of hydrogen-bond acceptors (Lipinski definition) is 9. The van der Waals surface area contributed by atoms with Crippen molar-refractivity contribution in [1.29, 1.82) is 0 Å². The van der Waals surface area contributed by atoms with Crippen molar-refractivity contribution in [1.82, 2.24) is 14.8 Å². The number of fused-ring (bicyclic) bond motifs is 1. The highest BCUT2D eigenvalue weighted by Crippen LogP contribution is 2.27. The maximum atomic E-state index is 13.0. The van der Waals surface area contributed by atoms with Crippen LogP contribution in [0.25, 0.3) is 15.9 Å². The fourth-order valence-electron chi connectivity index (χ4n) is 3.06. The lowest BCUT2D eigenvalue weighted by molar-refractivity contribution is 0.0515. The van der Waals surface area contributed by atoms with Gasteiger partial charge in [0.05, 0.1) is 33.6 Å². The normalized spacial score (nSPS) is 11.5. The third kappa shape index (κ3) is 4.64. The Labute approximate surface area is 193 Å². The highest BCUT2D eigenvalue weighted by molar-refractivity contribution is 7.87. The predicted molar refractivity (Wildman–Crippen MR) is 123 cm³/mol. The Hall–Kier alpha value is -3.57. The standard InChI is InChI=1S/C22H19N3O6S2/c1-4-30-22(27)21-18(12-20(26)25(24-21)15-7-5-13(2)6-8-15)31-33(28,29)16-9-10-17-19(11-16)32-14(3)23-17/h5-12H,4H2,1-3H3. The molecule has 2 aromatic heterocycles. The number of nitrogens with zero attached hydrogens (tertiary/aromatic N) is 3. The van der Waals surface area contributed by atoms with Crippen LogP contribution in [-0.4, -0.2) is 35.8 Å². The largest absolute Gasteiger partial charge is 0.461 e. The number of esters is 1. The van der Waals surface area contributed by atoms with Crippen molar-refractivity contribution in [3.63, 3.8) is 0 Å². The van der Waals surface area contributed by atoms with Crippen LogP contribution in [-0.2, 0) is 14.9 Å². The molecule has 4 aromatic rings. The quantitative estimate of drug-likeness (QED) is 0.301. The molecule has 0 amide bonds. The Morgan fingerprint density at radius 2 is 1.82 bits per heavy atom. The lowest BCUT2D eigenvalue weighted by Crippen LogP contribution is -2.26. The van der Waals surface area contributed by atoms with E-state index in [0.29, 0.717) is 15.9 Å². The van der Waals surface area contributed by atoms with Gasteiger partial charge >= 0.3 is 16.1 Å². The van der Waals surface area contributed by atoms with E-state index < -0.39 is 33.1 Å². The summed E-state index contributed by atoms with van der Waals surface area (Å²) in [6.45, 7) is 5.32. The molecule has 170 valence electrons. The number of carbonyl (C=O) groups excluding carboxylic acids is 1. The highest BCUT2D eigenvalue weighted by Gasteiger charge is 2.26. The van der Waals surface area contributed by atoms with Crippen LogP contribution in [0.1, 0.15) is 28.0 Å². The summed E-state index contributed by atoms with van der Waals surface area (Å²) in [6.07, 6.45) is 0. The predicted octanol–water partition coefficient (Wildman–Crippen LogP) is 3.40. The second-order valence-electron chi connectivity index (χ2n) is 7.06. The third-order valence-electron chi connectivity index (χ3n) is 4.60. The first-order valence-corrected chi connectivity index (χ1v) is 12.1. The molecule has 0 fully saturated rings. The van der Waals surface area contributed by atoms with Crippen molar-refractivity contribution in [2.24, 2.45) is 0 Å². The van der Waals surface area contributed by atoms with Crippen LogP contribution in [0.2, 0.25) is 0 Å². The summed E-state index contributed by atoms with van der Waals surface area (Å²) in [7, 11) is -4.38. The molecule has 0 unspecified atom stereocenters. The fraction of sp³-hybridized carbons (Fsp3) is 0.182. The van der Waals surface area contributed by atoms with E-state index in [0.717, 1.165) is 21.3 Å². The minimum atomic E-state index is -4.38. The molecule has 9 nitrogen and oxygen atoms in total. The highest BCUT2D eigenvalue weighted by atomic mass is 32.2. The molecule has 0 aliphatic carbocycles. The monoisotopic (exact) mass is 485 g/mol. The molecule has 0 aliphatic rings. The van der Waals surface area contributed by atoms with Gasteiger partial charge in [-0.1, -0.05) is 17.7 Å². The van der Waals surface area contributed by atoms with E-state index in [1.807, 2.05) is 13.8 Å². The van der Waals surface area contributed by atoms with Gasteiger partial charge in [0.1, 0.15) is 4.90 Å². The number of aromatic nitrogens is 3. The van der Waals surface area contributed by atoms with Crippen molar-refractivity contribution in [3.8, 4) is 11.4 Å². The number of benzene rings is 2. The van der Waals surface area contributed by atoms with Crippen LogP contribution in [0.15, 0.2) is 58.2 Å². The molecule has 0 aliphatic heterocycles. The molecule has 11 heteroatoms. The van der Waals surface area contributed by atoms with Gasteiger partial charge in [-0.3, -0.25) is 4.79 Å². The number of aryl methyl sites for hydroxylation is 2. The lowest BCUT2D eigenvalue weighted by atomic mass is 10.2. The number of carbonyl (C=O) groups is 1. The first kappa shape index (κ1) is 22.6. The first-order chi connectivity index (χ1) is 15.7. The molecule has 33 heavy (non-hydrogen) atoms. The maximum absolute atomic E-state index is 13.0. The Balaban J connectivity index is 1.79. The van der Waals surface area contributed by atoms with Gasteiger partial charge in [0.15, 0.2) is 5.75 Å². The summed E-state index contributed by atoms with van der Waals surface area (Å²) in [6, 6.07) is 12.1. The first-order valence-electron chi connectivity index (χ1n) is 9.88. The molecular formula is C22H19N3O6S2. The summed E-state index contributed by atoms with van der Waals surface area (Å²) in [5.41, 5.74) is 0.917. The zero-order valence-corrected chi connectivity index (χ0v) is 19.6. The van der Waals surface area contributed by atoms with Crippen molar-refractivity contribution in [2.45, 2.75) is 25.7 Å². The smallest absolute Gasteiger partial charge is 0.362 e. The van der Waals surface area contributed by atoms with Crippen molar-refractivity contribution in [2.75, 3.05) is 6.61 Å². The van der Waals surface area contributed by atoms with Crippen LogP contribution in [0, 0.1) is 13.8 Å². The molecule has 0 atom stereocenters. The summed E-state index contributed by atoms with van der Waals surface area (Å²) in [4.78, 5) is 29.4. The second kappa shape index (κ2) is 8.75. The van der Waals surface area contributed by atoms with Gasteiger partial charge in [0.25, 0.3) is 5.56 Å². The van der Waals surface area contributed by atoms with E-state index in [9.17, 15) is 18.0 Å². The van der Waals surface area contributed by atoms with Crippen LogP contribution < -0.4 is 9.74 Å². The van der Waals surface area contributed by atoms with Gasteiger partial charge in [-0.2, -0.15) is 18.2 Å². The van der Waals surface area contributed by atoms with E-state index in [1.165, 1.54) is 23.5 Å². The zero-order chi connectivity index (χ0) is 23.8. The molecule has 2 aromatic carbocycles. The minimum Gasteiger partial charge on any atom is -0.461 e. The van der Waals surface area contributed by atoms with E-state index >= 15 is 0 Å². The Morgan fingerprint density at radius 3 is 2.52 bits per heavy atom.